The summed E-state index contributed by atoms with van der Waals surface area (Å²) in [5.74, 6) is -0.0293. The van der Waals surface area contributed by atoms with Gasteiger partial charge in [-0.2, -0.15) is 0 Å². The lowest BCUT2D eigenvalue weighted by Gasteiger charge is -2.18. The van der Waals surface area contributed by atoms with E-state index in [1.165, 1.54) is 6.20 Å². The maximum atomic E-state index is 10.8. The van der Waals surface area contributed by atoms with Gasteiger partial charge in [0.15, 0.2) is 0 Å². The van der Waals surface area contributed by atoms with Crippen LogP contribution in [0.2, 0.25) is 0 Å². The highest BCUT2D eigenvalue weighted by Crippen LogP contribution is 2.27. The standard InChI is InChI=1S/C10H15N3O2/c1-3-9(11)7(2)8-4-5-12-6-10(8)13(14)15/h4-7,9H,3,11H2,1-2H3. The summed E-state index contributed by atoms with van der Waals surface area (Å²) in [6.45, 7) is 3.87. The second-order valence-electron chi connectivity index (χ2n) is 3.55. The Kier molecular flexibility index (Phi) is 3.74. The highest BCUT2D eigenvalue weighted by Gasteiger charge is 2.22. The van der Waals surface area contributed by atoms with Crippen LogP contribution in [0.1, 0.15) is 31.7 Å². The molecule has 1 aromatic rings. The van der Waals surface area contributed by atoms with Crippen molar-refractivity contribution in [2.45, 2.75) is 32.2 Å². The van der Waals surface area contributed by atoms with Crippen molar-refractivity contribution in [3.05, 3.63) is 34.1 Å². The fraction of sp³-hybridized carbons (Fsp3) is 0.500. The fourth-order valence-electron chi connectivity index (χ4n) is 1.52. The van der Waals surface area contributed by atoms with E-state index in [1.807, 2.05) is 13.8 Å². The van der Waals surface area contributed by atoms with E-state index in [-0.39, 0.29) is 17.6 Å². The molecule has 0 fully saturated rings. The molecule has 5 nitrogen and oxygen atoms in total. The van der Waals surface area contributed by atoms with Gasteiger partial charge in [0.2, 0.25) is 0 Å². The number of aromatic nitrogens is 1. The highest BCUT2D eigenvalue weighted by atomic mass is 16.6. The van der Waals surface area contributed by atoms with Crippen LogP contribution in [0.15, 0.2) is 18.5 Å². The maximum absolute atomic E-state index is 10.8. The summed E-state index contributed by atoms with van der Waals surface area (Å²) < 4.78 is 0. The normalized spacial score (nSPS) is 14.6. The van der Waals surface area contributed by atoms with Crippen LogP contribution >= 0.6 is 0 Å². The summed E-state index contributed by atoms with van der Waals surface area (Å²) >= 11 is 0. The predicted molar refractivity (Wildman–Crippen MR) is 57.6 cm³/mol. The summed E-state index contributed by atoms with van der Waals surface area (Å²) in [5, 5.41) is 10.8. The van der Waals surface area contributed by atoms with Crippen LogP contribution < -0.4 is 5.73 Å². The van der Waals surface area contributed by atoms with Gasteiger partial charge in [-0.1, -0.05) is 13.8 Å². The van der Waals surface area contributed by atoms with E-state index in [0.717, 1.165) is 6.42 Å². The number of nitrogens with zero attached hydrogens (tertiary/aromatic N) is 2. The predicted octanol–water partition coefficient (Wildman–Crippen LogP) is 1.83. The molecule has 0 amide bonds. The minimum Gasteiger partial charge on any atom is -0.327 e. The van der Waals surface area contributed by atoms with Gasteiger partial charge in [0.1, 0.15) is 6.20 Å². The number of nitrogens with two attached hydrogens (primary N) is 1. The third kappa shape index (κ3) is 2.50. The maximum Gasteiger partial charge on any atom is 0.291 e. The molecule has 0 aliphatic carbocycles. The number of pyridine rings is 1. The Bertz CT molecular complexity index is 354. The van der Waals surface area contributed by atoms with Crippen molar-refractivity contribution >= 4 is 5.69 Å². The Labute approximate surface area is 88.5 Å². The van der Waals surface area contributed by atoms with Gasteiger partial charge >= 0.3 is 0 Å². The van der Waals surface area contributed by atoms with E-state index in [9.17, 15) is 10.1 Å². The first kappa shape index (κ1) is 11.6. The van der Waals surface area contributed by atoms with Gasteiger partial charge in [-0.05, 0) is 12.5 Å². The molecular weight excluding hydrogens is 194 g/mol. The van der Waals surface area contributed by atoms with Crippen molar-refractivity contribution in [2.75, 3.05) is 0 Å². The van der Waals surface area contributed by atoms with Crippen LogP contribution in [0.25, 0.3) is 0 Å². The first-order chi connectivity index (χ1) is 7.07. The van der Waals surface area contributed by atoms with Crippen LogP contribution in [-0.4, -0.2) is 15.9 Å². The molecule has 2 unspecified atom stereocenters. The molecule has 0 radical (unpaired) electrons. The van der Waals surface area contributed by atoms with Crippen molar-refractivity contribution in [1.29, 1.82) is 0 Å². The fourth-order valence-corrected chi connectivity index (χ4v) is 1.52. The summed E-state index contributed by atoms with van der Waals surface area (Å²) in [5.41, 5.74) is 6.58. The lowest BCUT2D eigenvalue weighted by Crippen LogP contribution is -2.26. The lowest BCUT2D eigenvalue weighted by molar-refractivity contribution is -0.386. The van der Waals surface area contributed by atoms with Gasteiger partial charge < -0.3 is 5.73 Å². The van der Waals surface area contributed by atoms with Crippen LogP contribution in [0.4, 0.5) is 5.69 Å². The molecule has 15 heavy (non-hydrogen) atoms. The Morgan fingerprint density at radius 2 is 2.33 bits per heavy atom. The van der Waals surface area contributed by atoms with Crippen LogP contribution in [-0.2, 0) is 0 Å². The molecule has 0 aliphatic rings. The van der Waals surface area contributed by atoms with Crippen molar-refractivity contribution in [3.8, 4) is 0 Å². The molecule has 0 aliphatic heterocycles. The highest BCUT2D eigenvalue weighted by molar-refractivity contribution is 5.39. The zero-order chi connectivity index (χ0) is 11.4. The Morgan fingerprint density at radius 3 is 2.87 bits per heavy atom. The molecule has 0 spiro atoms. The number of hydrogen-bond acceptors (Lipinski definition) is 4. The van der Waals surface area contributed by atoms with Crippen molar-refractivity contribution in [2.24, 2.45) is 5.73 Å². The van der Waals surface area contributed by atoms with Gasteiger partial charge in [0, 0.05) is 23.7 Å². The monoisotopic (exact) mass is 209 g/mol. The Balaban J connectivity index is 3.07. The molecule has 2 atom stereocenters. The van der Waals surface area contributed by atoms with Gasteiger partial charge in [0.25, 0.3) is 5.69 Å². The SMILES string of the molecule is CCC(N)C(C)c1ccncc1[N+](=O)[O-]. The average molecular weight is 209 g/mol. The second-order valence-corrected chi connectivity index (χ2v) is 3.55. The van der Waals surface area contributed by atoms with E-state index >= 15 is 0 Å². The molecule has 0 aromatic carbocycles. The molecule has 0 bridgehead atoms. The second kappa shape index (κ2) is 4.84. The zero-order valence-electron chi connectivity index (χ0n) is 8.88. The van der Waals surface area contributed by atoms with Gasteiger partial charge in [-0.25, -0.2) is 0 Å². The average Bonchev–Trinajstić information content (AvgIpc) is 2.27. The van der Waals surface area contributed by atoms with Crippen molar-refractivity contribution in [1.82, 2.24) is 4.98 Å². The molecule has 1 aromatic heterocycles. The number of rotatable bonds is 4. The molecule has 5 heteroatoms. The van der Waals surface area contributed by atoms with Gasteiger partial charge in [-0.3, -0.25) is 15.1 Å². The Morgan fingerprint density at radius 1 is 1.67 bits per heavy atom. The van der Waals surface area contributed by atoms with E-state index < -0.39 is 4.92 Å². The van der Waals surface area contributed by atoms with E-state index in [2.05, 4.69) is 4.98 Å². The molecule has 0 saturated heterocycles. The summed E-state index contributed by atoms with van der Waals surface area (Å²) in [6, 6.07) is 1.60. The van der Waals surface area contributed by atoms with Crippen LogP contribution in [0.3, 0.4) is 0 Å². The zero-order valence-corrected chi connectivity index (χ0v) is 8.88. The third-order valence-electron chi connectivity index (χ3n) is 2.63. The minimum absolute atomic E-state index is 0.0293. The van der Waals surface area contributed by atoms with Gasteiger partial charge in [0.05, 0.1) is 4.92 Å². The molecule has 1 rings (SSSR count). The summed E-state index contributed by atoms with van der Waals surface area (Å²) in [6.07, 6.45) is 3.62. The van der Waals surface area contributed by atoms with Gasteiger partial charge in [-0.15, -0.1) is 0 Å². The number of nitro groups is 1. The molecule has 82 valence electrons. The lowest BCUT2D eigenvalue weighted by atomic mass is 9.92. The Hall–Kier alpha value is -1.49. The molecular formula is C10H15N3O2. The molecule has 2 N–H and O–H groups in total. The van der Waals surface area contributed by atoms with Crippen LogP contribution in [0.5, 0.6) is 0 Å². The third-order valence-corrected chi connectivity index (χ3v) is 2.63. The number of hydrogen-bond donors (Lipinski definition) is 1. The topological polar surface area (TPSA) is 82.0 Å². The van der Waals surface area contributed by atoms with E-state index in [1.54, 1.807) is 12.3 Å². The van der Waals surface area contributed by atoms with Crippen LogP contribution in [0, 0.1) is 10.1 Å². The summed E-state index contributed by atoms with van der Waals surface area (Å²) in [7, 11) is 0. The summed E-state index contributed by atoms with van der Waals surface area (Å²) in [4.78, 5) is 14.1. The smallest absolute Gasteiger partial charge is 0.291 e. The molecule has 0 saturated carbocycles. The first-order valence-electron chi connectivity index (χ1n) is 4.91. The van der Waals surface area contributed by atoms with E-state index in [0.29, 0.717) is 5.56 Å². The quantitative estimate of drug-likeness (QED) is 0.605. The first-order valence-corrected chi connectivity index (χ1v) is 4.91. The van der Waals surface area contributed by atoms with Crippen molar-refractivity contribution in [3.63, 3.8) is 0 Å². The molecule has 1 heterocycles. The largest absolute Gasteiger partial charge is 0.327 e. The minimum atomic E-state index is -0.415. The van der Waals surface area contributed by atoms with Crippen molar-refractivity contribution < 1.29 is 4.92 Å². The van der Waals surface area contributed by atoms with E-state index in [4.69, 9.17) is 5.73 Å².